The number of hydrogen-bond donors (Lipinski definition) is 1. The molecule has 0 bridgehead atoms. The molecule has 1 heterocycles. The molecule has 0 saturated carbocycles. The van der Waals surface area contributed by atoms with Gasteiger partial charge in [-0.15, -0.1) is 0 Å². The summed E-state index contributed by atoms with van der Waals surface area (Å²) >= 11 is 8.82. The molecule has 0 aliphatic carbocycles. The minimum atomic E-state index is -0.955. The van der Waals surface area contributed by atoms with Crippen LogP contribution in [0.1, 0.15) is 12.5 Å². The summed E-state index contributed by atoms with van der Waals surface area (Å²) in [6, 6.07) is 0. The highest BCUT2D eigenvalue weighted by molar-refractivity contribution is 14.1. The molecule has 1 N–H and O–H groups in total. The number of rotatable bonds is 4. The first kappa shape index (κ1) is 16.2. The van der Waals surface area contributed by atoms with Crippen LogP contribution in [0.4, 0.5) is 10.5 Å². The van der Waals surface area contributed by atoms with E-state index >= 15 is 0 Å². The topological polar surface area (TPSA) is 53.4 Å². The lowest BCUT2D eigenvalue weighted by molar-refractivity contribution is 0.201. The van der Waals surface area contributed by atoms with Crippen LogP contribution in [0.5, 0.6) is 0 Å². The molecule has 0 fully saturated rings. The zero-order valence-corrected chi connectivity index (χ0v) is 15.3. The van der Waals surface area contributed by atoms with Crippen LogP contribution in [0.3, 0.4) is 0 Å². The van der Waals surface area contributed by atoms with E-state index in [4.69, 9.17) is 0 Å². The smallest absolute Gasteiger partial charge is 0.411 e. The number of hydrogen-bond acceptors (Lipinski definition) is 2. The Morgan fingerprint density at radius 1 is 1.67 bits per heavy atom. The molecule has 0 spiro atoms. The third-order valence-corrected chi connectivity index (χ3v) is 5.15. The lowest BCUT2D eigenvalue weighted by Crippen LogP contribution is -2.35. The maximum Gasteiger partial charge on any atom is 0.411 e. The monoisotopic (exact) mass is 490 g/mol. The molecule has 1 amide bonds. The second-order valence-electron chi connectivity index (χ2n) is 4.02. The standard InChI is InChI=1S/C11H13Br2IN2O2/c1-6(3-12)5-16(11(17)18)9-7(2)8(13)4-15-10(9)14/h4,6H,3,5H2,1-2H3,(H,17,18). The van der Waals surface area contributed by atoms with Crippen LogP contribution in [0.25, 0.3) is 0 Å². The second kappa shape index (κ2) is 7.04. The number of nitrogens with zero attached hydrogens (tertiary/aromatic N) is 2. The summed E-state index contributed by atoms with van der Waals surface area (Å²) in [6.45, 7) is 4.33. The Balaban J connectivity index is 3.21. The van der Waals surface area contributed by atoms with Gasteiger partial charge >= 0.3 is 6.09 Å². The molecule has 4 nitrogen and oxygen atoms in total. The highest BCUT2D eigenvalue weighted by Gasteiger charge is 2.23. The lowest BCUT2D eigenvalue weighted by Gasteiger charge is -2.25. The molecule has 0 aliphatic rings. The predicted octanol–water partition coefficient (Wildman–Crippen LogP) is 4.27. The largest absolute Gasteiger partial charge is 0.465 e. The van der Waals surface area contributed by atoms with E-state index in [9.17, 15) is 9.90 Å². The molecule has 100 valence electrons. The van der Waals surface area contributed by atoms with E-state index in [-0.39, 0.29) is 5.92 Å². The van der Waals surface area contributed by atoms with E-state index in [1.165, 1.54) is 4.90 Å². The van der Waals surface area contributed by atoms with Crippen molar-refractivity contribution in [2.24, 2.45) is 5.92 Å². The van der Waals surface area contributed by atoms with Gasteiger partial charge in [-0.05, 0) is 56.9 Å². The first-order valence-electron chi connectivity index (χ1n) is 5.25. The van der Waals surface area contributed by atoms with Crippen molar-refractivity contribution in [3.63, 3.8) is 0 Å². The zero-order valence-electron chi connectivity index (χ0n) is 9.95. The van der Waals surface area contributed by atoms with E-state index in [1.807, 2.05) is 13.8 Å². The number of aromatic nitrogens is 1. The molecule has 0 radical (unpaired) electrons. The molecule has 7 heteroatoms. The van der Waals surface area contributed by atoms with E-state index < -0.39 is 6.09 Å². The van der Waals surface area contributed by atoms with Crippen molar-refractivity contribution in [1.82, 2.24) is 4.98 Å². The van der Waals surface area contributed by atoms with Gasteiger partial charge in [0.05, 0.1) is 5.69 Å². The molecule has 18 heavy (non-hydrogen) atoms. The number of anilines is 1. The van der Waals surface area contributed by atoms with Crippen LogP contribution in [0, 0.1) is 16.5 Å². The molecule has 0 saturated heterocycles. The third kappa shape index (κ3) is 3.80. The van der Waals surface area contributed by atoms with Gasteiger partial charge in [0.2, 0.25) is 0 Å². The minimum Gasteiger partial charge on any atom is -0.465 e. The van der Waals surface area contributed by atoms with Gasteiger partial charge < -0.3 is 5.11 Å². The number of pyridine rings is 1. The third-order valence-electron chi connectivity index (χ3n) is 2.46. The van der Waals surface area contributed by atoms with Crippen LogP contribution >= 0.6 is 54.5 Å². The maximum absolute atomic E-state index is 11.4. The van der Waals surface area contributed by atoms with Gasteiger partial charge in [0.15, 0.2) is 0 Å². The van der Waals surface area contributed by atoms with E-state index in [1.54, 1.807) is 6.20 Å². The summed E-state index contributed by atoms with van der Waals surface area (Å²) in [7, 11) is 0. The van der Waals surface area contributed by atoms with Crippen molar-refractivity contribution in [1.29, 1.82) is 0 Å². The normalized spacial score (nSPS) is 12.3. The Morgan fingerprint density at radius 3 is 2.78 bits per heavy atom. The van der Waals surface area contributed by atoms with Crippen molar-refractivity contribution in [3.8, 4) is 0 Å². The van der Waals surface area contributed by atoms with Crippen LogP contribution < -0.4 is 4.90 Å². The van der Waals surface area contributed by atoms with Gasteiger partial charge in [-0.1, -0.05) is 22.9 Å². The number of amides is 1. The summed E-state index contributed by atoms with van der Waals surface area (Å²) in [4.78, 5) is 17.0. The lowest BCUT2D eigenvalue weighted by atomic mass is 10.1. The minimum absolute atomic E-state index is 0.232. The summed E-state index contributed by atoms with van der Waals surface area (Å²) in [5.41, 5.74) is 1.55. The van der Waals surface area contributed by atoms with Gasteiger partial charge in [-0.3, -0.25) is 4.90 Å². The molecule has 1 unspecified atom stereocenters. The number of carbonyl (C=O) groups is 1. The fraction of sp³-hybridized carbons (Fsp3) is 0.455. The fourth-order valence-electron chi connectivity index (χ4n) is 1.48. The van der Waals surface area contributed by atoms with Gasteiger partial charge in [0, 0.05) is 22.5 Å². The molecule has 1 aromatic heterocycles. The van der Waals surface area contributed by atoms with Crippen molar-refractivity contribution in [2.75, 3.05) is 16.8 Å². The SMILES string of the molecule is Cc1c(Br)cnc(I)c1N(CC(C)CBr)C(=O)O. The van der Waals surface area contributed by atoms with Crippen molar-refractivity contribution in [3.05, 3.63) is 19.9 Å². The van der Waals surface area contributed by atoms with Crippen molar-refractivity contribution in [2.45, 2.75) is 13.8 Å². The van der Waals surface area contributed by atoms with Crippen molar-refractivity contribution >= 4 is 66.2 Å². The zero-order chi connectivity index (χ0) is 13.9. The summed E-state index contributed by atoms with van der Waals surface area (Å²) in [6.07, 6.45) is 0.734. The first-order chi connectivity index (χ1) is 8.38. The van der Waals surface area contributed by atoms with E-state index in [0.717, 1.165) is 15.4 Å². The Labute approximate surface area is 137 Å². The van der Waals surface area contributed by atoms with E-state index in [2.05, 4.69) is 59.4 Å². The highest BCUT2D eigenvalue weighted by atomic mass is 127. The van der Waals surface area contributed by atoms with Crippen LogP contribution in [-0.4, -0.2) is 28.1 Å². The Bertz CT molecular complexity index is 457. The number of alkyl halides is 1. The van der Waals surface area contributed by atoms with Gasteiger partial charge in [-0.25, -0.2) is 9.78 Å². The van der Waals surface area contributed by atoms with Gasteiger partial charge in [0.1, 0.15) is 3.70 Å². The van der Waals surface area contributed by atoms with E-state index in [0.29, 0.717) is 15.9 Å². The van der Waals surface area contributed by atoms with Crippen LogP contribution in [0.2, 0.25) is 0 Å². The molecule has 1 rings (SSSR count). The van der Waals surface area contributed by atoms with Crippen molar-refractivity contribution < 1.29 is 9.90 Å². The molecule has 0 aliphatic heterocycles. The molecule has 0 aromatic carbocycles. The van der Waals surface area contributed by atoms with Crippen LogP contribution in [-0.2, 0) is 0 Å². The Hall–Kier alpha value is 0.110. The Morgan fingerprint density at radius 2 is 2.28 bits per heavy atom. The average molecular weight is 492 g/mol. The summed E-state index contributed by atoms with van der Waals surface area (Å²) in [5.74, 6) is 0.232. The van der Waals surface area contributed by atoms with Crippen LogP contribution in [0.15, 0.2) is 10.7 Å². The summed E-state index contributed by atoms with van der Waals surface area (Å²) < 4.78 is 1.51. The predicted molar refractivity (Wildman–Crippen MR) is 87.7 cm³/mol. The average Bonchev–Trinajstić information content (AvgIpc) is 2.32. The number of halogens is 3. The molecular formula is C11H13Br2IN2O2. The maximum atomic E-state index is 11.4. The van der Waals surface area contributed by atoms with Gasteiger partial charge in [0.25, 0.3) is 0 Å². The number of carboxylic acid groups (broad SMARTS) is 1. The summed E-state index contributed by atoms with van der Waals surface area (Å²) in [5, 5.41) is 10.1. The van der Waals surface area contributed by atoms with Gasteiger partial charge in [-0.2, -0.15) is 0 Å². The molecular weight excluding hydrogens is 479 g/mol. The molecule has 1 aromatic rings. The first-order valence-corrected chi connectivity index (χ1v) is 8.24. The second-order valence-corrected chi connectivity index (χ2v) is 6.55. The Kier molecular flexibility index (Phi) is 6.32. The quantitative estimate of drug-likeness (QED) is 0.389. The highest BCUT2D eigenvalue weighted by Crippen LogP contribution is 2.31. The molecule has 1 atom stereocenters. The fourth-order valence-corrected chi connectivity index (χ4v) is 2.81.